The van der Waals surface area contributed by atoms with Gasteiger partial charge in [-0.3, -0.25) is 38.4 Å². The van der Waals surface area contributed by atoms with Crippen molar-refractivity contribution in [1.82, 2.24) is 36.4 Å². The number of carbonyl (C=O) groups excluding carboxylic acids is 8. The predicted octanol–water partition coefficient (Wildman–Crippen LogP) is 0.219. The zero-order chi connectivity index (χ0) is 43.4. The van der Waals surface area contributed by atoms with Crippen LogP contribution in [-0.2, 0) is 54.7 Å². The van der Waals surface area contributed by atoms with Gasteiger partial charge in [0.05, 0.1) is 12.6 Å². The molecule has 10 atom stereocenters. The van der Waals surface area contributed by atoms with Gasteiger partial charge in [-0.25, -0.2) is 0 Å². The fourth-order valence-electron chi connectivity index (χ4n) is 7.00. The molecule has 2 heterocycles. The molecule has 0 aromatic rings. The Kier molecular flexibility index (Phi) is 19.9. The van der Waals surface area contributed by atoms with Gasteiger partial charge in [-0.2, -0.15) is 0 Å². The minimum atomic E-state index is -3.54. The Bertz CT molecular complexity index is 1530. The summed E-state index contributed by atoms with van der Waals surface area (Å²) in [7, 11) is 0. The summed E-state index contributed by atoms with van der Waals surface area (Å²) in [5.41, 5.74) is 1.63. The largest absolute Gasteiger partial charge is 0.368 e. The molecular weight excluding hydrogens is 800 g/mol. The molecule has 1 unspecified atom stereocenters. The highest BCUT2D eigenvalue weighted by Gasteiger charge is 2.43. The second kappa shape index (κ2) is 22.7. The Morgan fingerprint density at radius 3 is 1.77 bits per heavy atom. The molecule has 0 spiro atoms. The number of nitrogens with zero attached hydrogens (tertiary/aromatic N) is 2. The molecular formula is C36H63N8O10PS2. The molecule has 2 rings (SSSR count). The number of hydrogen-bond donors (Lipinski definition) is 8. The van der Waals surface area contributed by atoms with Crippen molar-refractivity contribution < 1.29 is 47.8 Å². The first-order valence-corrected chi connectivity index (χ1v) is 23.4. The van der Waals surface area contributed by atoms with E-state index in [0.717, 1.165) is 0 Å². The highest BCUT2D eigenvalue weighted by molar-refractivity contribution is 8.59. The number of amides is 8. The number of carbonyl (C=O) groups is 8. The van der Waals surface area contributed by atoms with Gasteiger partial charge in [-0.05, 0) is 68.6 Å². The lowest BCUT2D eigenvalue weighted by atomic mass is 9.94. The zero-order valence-corrected chi connectivity index (χ0v) is 36.8. The molecule has 18 nitrogen and oxygen atoms in total. The van der Waals surface area contributed by atoms with Crippen LogP contribution in [0, 0.1) is 17.8 Å². The van der Waals surface area contributed by atoms with Gasteiger partial charge in [0.25, 0.3) is 0 Å². The van der Waals surface area contributed by atoms with Gasteiger partial charge in [-0.1, -0.05) is 66.6 Å². The van der Waals surface area contributed by atoms with E-state index >= 15 is 0 Å². The van der Waals surface area contributed by atoms with Crippen molar-refractivity contribution in [2.75, 3.05) is 19.6 Å². The molecule has 324 valence electrons. The normalized spacial score (nSPS) is 21.5. The Hall–Kier alpha value is -3.32. The van der Waals surface area contributed by atoms with E-state index in [1.54, 1.807) is 13.8 Å². The summed E-state index contributed by atoms with van der Waals surface area (Å²) in [5, 5.41) is 13.3. The molecule has 0 aliphatic carbocycles. The summed E-state index contributed by atoms with van der Waals surface area (Å²) < 4.78 is 5.33. The minimum Gasteiger partial charge on any atom is -0.368 e. The van der Waals surface area contributed by atoms with E-state index in [2.05, 4.69) is 38.8 Å². The van der Waals surface area contributed by atoms with Crippen LogP contribution in [0.5, 0.6) is 0 Å². The van der Waals surface area contributed by atoms with Crippen LogP contribution < -0.4 is 32.3 Å². The van der Waals surface area contributed by atoms with Crippen molar-refractivity contribution in [2.45, 2.75) is 143 Å². The molecule has 2 aliphatic heterocycles. The maximum absolute atomic E-state index is 14.4. The van der Waals surface area contributed by atoms with Gasteiger partial charge in [0.1, 0.15) is 36.3 Å². The lowest BCUT2D eigenvalue weighted by Gasteiger charge is -2.34. The number of nitrogens with one attached hydrogen (secondary N) is 5. The molecule has 8 amide bonds. The Labute approximate surface area is 346 Å². The van der Waals surface area contributed by atoms with Crippen molar-refractivity contribution in [3.8, 4) is 0 Å². The predicted molar refractivity (Wildman–Crippen MR) is 219 cm³/mol. The minimum absolute atomic E-state index is 0.0205. The Morgan fingerprint density at radius 1 is 0.789 bits per heavy atom. The SMILES string of the molecule is CC[C@H](C)[C@H](NC(=O)[C@@H](NC(C)=O)[C@@H](C)OP(O)(=S)S)C(=O)N[C@H](C(=O)N1CCC[C@H]1C(=O)N[C@@H](CC(C)C)C(=O)N1CCC[C@H]1C(=O)NCC(N)=O)[C@@H](C)CC. The maximum Gasteiger partial charge on any atom is 0.246 e. The first kappa shape index (κ1) is 49.8. The summed E-state index contributed by atoms with van der Waals surface area (Å²) in [5.74, 6) is -5.57. The van der Waals surface area contributed by atoms with E-state index in [1.165, 1.54) is 23.6 Å². The first-order chi connectivity index (χ1) is 26.5. The van der Waals surface area contributed by atoms with Crippen LogP contribution in [0.25, 0.3) is 0 Å². The van der Waals surface area contributed by atoms with Crippen molar-refractivity contribution >= 4 is 77.0 Å². The molecule has 2 aliphatic rings. The highest BCUT2D eigenvalue weighted by Crippen LogP contribution is 2.48. The van der Waals surface area contributed by atoms with Crippen LogP contribution in [0.3, 0.4) is 0 Å². The third-order valence-corrected chi connectivity index (χ3v) is 11.6. The first-order valence-electron chi connectivity index (χ1n) is 19.6. The third-order valence-electron chi connectivity index (χ3n) is 10.4. The van der Waals surface area contributed by atoms with Gasteiger partial charge < -0.3 is 51.5 Å². The smallest absolute Gasteiger partial charge is 0.246 e. The average Bonchev–Trinajstić information content (AvgIpc) is 3.82. The van der Waals surface area contributed by atoms with Gasteiger partial charge in [0, 0.05) is 20.0 Å². The lowest BCUT2D eigenvalue weighted by molar-refractivity contribution is -0.145. The van der Waals surface area contributed by atoms with Crippen LogP contribution >= 0.6 is 17.9 Å². The molecule has 8 N–H and O–H groups in total. The quantitative estimate of drug-likeness (QED) is 0.0572. The summed E-state index contributed by atoms with van der Waals surface area (Å²) in [6, 6.07) is -6.36. The maximum atomic E-state index is 14.4. The van der Waals surface area contributed by atoms with E-state index in [9.17, 15) is 43.2 Å². The van der Waals surface area contributed by atoms with Crippen LogP contribution in [-0.4, -0.2) is 124 Å². The molecule has 0 aromatic carbocycles. The highest BCUT2D eigenvalue weighted by atomic mass is 32.9. The fraction of sp³-hybridized carbons (Fsp3) is 0.778. The standard InChI is InChI=1S/C36H63N8O10PS2/c1-9-20(5)28(41-34(50)30(39-23(8)45)22(7)54-55(53,56)57)33(49)42-29(21(6)10-2)36(52)44-16-12-14-26(44)32(48)40-24(17-19(3)4)35(51)43-15-11-13-25(43)31(47)38-18-27(37)46/h19-22,24-26,28-30H,9-18H2,1-8H3,(H2,37,46)(H,38,47)(H,39,45)(H,40,48)(H,41,50)(H,42,49)(H2,53,56,57)/t20-,21-,22+,24-,25-,26-,28-,29-,30-/m0/s1. The summed E-state index contributed by atoms with van der Waals surface area (Å²) in [6.45, 7) is 13.7. The van der Waals surface area contributed by atoms with Gasteiger partial charge in [0.15, 0.2) is 0 Å². The van der Waals surface area contributed by atoms with Crippen molar-refractivity contribution in [2.24, 2.45) is 23.5 Å². The third kappa shape index (κ3) is 15.1. The Balaban J connectivity index is 2.32. The van der Waals surface area contributed by atoms with Crippen molar-refractivity contribution in [3.05, 3.63) is 0 Å². The monoisotopic (exact) mass is 862 g/mol. The van der Waals surface area contributed by atoms with E-state index in [1.807, 2.05) is 27.7 Å². The molecule has 2 saturated heterocycles. The zero-order valence-electron chi connectivity index (χ0n) is 34.2. The van der Waals surface area contributed by atoms with Crippen LogP contribution in [0.15, 0.2) is 0 Å². The van der Waals surface area contributed by atoms with E-state index < -0.39 is 107 Å². The molecule has 0 aromatic heterocycles. The molecule has 21 heteroatoms. The van der Waals surface area contributed by atoms with Crippen molar-refractivity contribution in [1.29, 1.82) is 0 Å². The van der Waals surface area contributed by atoms with Crippen LogP contribution in [0.4, 0.5) is 0 Å². The van der Waals surface area contributed by atoms with Crippen LogP contribution in [0.2, 0.25) is 0 Å². The van der Waals surface area contributed by atoms with Crippen molar-refractivity contribution in [3.63, 3.8) is 0 Å². The number of hydrogen-bond acceptors (Lipinski definition) is 10. The molecule has 0 radical (unpaired) electrons. The number of primary amides is 1. The topological polar surface area (TPSA) is 259 Å². The number of rotatable bonds is 21. The summed E-state index contributed by atoms with van der Waals surface area (Å²) >= 11 is 8.71. The number of likely N-dealkylation sites (tertiary alicyclic amines) is 2. The summed E-state index contributed by atoms with van der Waals surface area (Å²) in [6.07, 6.45) is 1.82. The number of thiol groups is 1. The molecule has 57 heavy (non-hydrogen) atoms. The van der Waals surface area contributed by atoms with Gasteiger partial charge in [-0.15, -0.1) is 0 Å². The van der Waals surface area contributed by atoms with E-state index in [4.69, 9.17) is 22.1 Å². The second-order valence-corrected chi connectivity index (χ2v) is 20.6. The van der Waals surface area contributed by atoms with Gasteiger partial charge >= 0.3 is 0 Å². The fourth-order valence-corrected chi connectivity index (χ4v) is 8.41. The lowest BCUT2D eigenvalue weighted by Crippen LogP contribution is -2.62. The molecule has 0 bridgehead atoms. The van der Waals surface area contributed by atoms with E-state index in [-0.39, 0.29) is 32.0 Å². The van der Waals surface area contributed by atoms with E-state index in [0.29, 0.717) is 38.5 Å². The van der Waals surface area contributed by atoms with Gasteiger partial charge in [0.2, 0.25) is 53.0 Å². The summed E-state index contributed by atoms with van der Waals surface area (Å²) in [4.78, 5) is 119. The average molecular weight is 863 g/mol. The molecule has 0 saturated carbocycles. The van der Waals surface area contributed by atoms with Crippen LogP contribution in [0.1, 0.15) is 100 Å². The Morgan fingerprint density at radius 2 is 1.28 bits per heavy atom. The molecule has 2 fully saturated rings. The second-order valence-electron chi connectivity index (χ2n) is 15.5. The number of nitrogens with two attached hydrogens (primary N) is 1.